The van der Waals surface area contributed by atoms with Crippen LogP contribution >= 0.6 is 0 Å². The Bertz CT molecular complexity index is 654. The molecule has 0 aliphatic heterocycles. The number of anilines is 1. The Morgan fingerprint density at radius 2 is 1.19 bits per heavy atom. The molecule has 4 N–H and O–H groups in total. The van der Waals surface area contributed by atoms with Crippen LogP contribution in [-0.2, 0) is 16.8 Å². The van der Waals surface area contributed by atoms with Gasteiger partial charge in [-0.25, -0.2) is 12.2 Å². The third-order valence-electron chi connectivity index (χ3n) is 3.11. The zero-order valence-corrected chi connectivity index (χ0v) is 20.0. The number of hydrogen-bond donors (Lipinski definition) is 4. The number of allylic oxidation sites excluding steroid dienone is 3. The Labute approximate surface area is 194 Å². The van der Waals surface area contributed by atoms with Crippen molar-refractivity contribution in [1.29, 1.82) is 0 Å². The van der Waals surface area contributed by atoms with Crippen molar-refractivity contribution in [2.75, 3.05) is 19.0 Å². The molecule has 10 nitrogen and oxygen atoms in total. The van der Waals surface area contributed by atoms with E-state index < -0.39 is 0 Å². The van der Waals surface area contributed by atoms with E-state index in [2.05, 4.69) is 38.3 Å². The van der Waals surface area contributed by atoms with Gasteiger partial charge in [0.15, 0.2) is 0 Å². The summed E-state index contributed by atoms with van der Waals surface area (Å²) < 4.78 is 0. The van der Waals surface area contributed by atoms with Gasteiger partial charge in [0.1, 0.15) is 22.8 Å². The molecule has 0 aromatic carbocycles. The van der Waals surface area contributed by atoms with Crippen molar-refractivity contribution in [2.24, 2.45) is 20.6 Å². The number of nitrogens with zero attached hydrogens (tertiary/aromatic N) is 6. The van der Waals surface area contributed by atoms with Gasteiger partial charge >= 0.3 is 0 Å². The zero-order valence-electron chi connectivity index (χ0n) is 19.0. The van der Waals surface area contributed by atoms with Crippen molar-refractivity contribution in [3.05, 3.63) is 49.3 Å². The molecule has 1 heterocycles. The van der Waals surface area contributed by atoms with Gasteiger partial charge in [-0.15, -0.1) is 6.92 Å². The van der Waals surface area contributed by atoms with E-state index >= 15 is 0 Å². The third-order valence-corrected chi connectivity index (χ3v) is 3.11. The van der Waals surface area contributed by atoms with Gasteiger partial charge in [0, 0.05) is 49.0 Å². The molecule has 1 aromatic heterocycles. The van der Waals surface area contributed by atoms with Crippen molar-refractivity contribution in [1.82, 2.24) is 4.98 Å². The van der Waals surface area contributed by atoms with Crippen LogP contribution in [0.5, 0.6) is 0 Å². The molecule has 1 radical (unpaired) electrons. The van der Waals surface area contributed by atoms with Gasteiger partial charge in [-0.2, -0.15) is 6.58 Å². The second-order valence-electron chi connectivity index (χ2n) is 5.55. The van der Waals surface area contributed by atoms with E-state index in [-0.39, 0.29) is 16.8 Å². The molecule has 0 fully saturated rings. The van der Waals surface area contributed by atoms with Gasteiger partial charge in [0.25, 0.3) is 0 Å². The number of hydrogen-bond acceptors (Lipinski definition) is 10. The first-order valence-electron chi connectivity index (χ1n) is 8.63. The molecular formula is C20H33CoN6O4-. The summed E-state index contributed by atoms with van der Waals surface area (Å²) in [4.78, 5) is 5.94. The summed E-state index contributed by atoms with van der Waals surface area (Å²) in [5, 5.41) is 43.3. The van der Waals surface area contributed by atoms with Crippen LogP contribution in [0.4, 0.5) is 5.69 Å². The van der Waals surface area contributed by atoms with Crippen LogP contribution in [0.3, 0.4) is 0 Å². The van der Waals surface area contributed by atoms with Crippen LogP contribution in [0.15, 0.2) is 63.9 Å². The summed E-state index contributed by atoms with van der Waals surface area (Å²) in [5.41, 5.74) is 2.44. The fourth-order valence-corrected chi connectivity index (χ4v) is 1.05. The zero-order chi connectivity index (χ0) is 23.9. The van der Waals surface area contributed by atoms with E-state index in [1.54, 1.807) is 18.5 Å². The quantitative estimate of drug-likeness (QED) is 0.168. The average molecular weight is 480 g/mol. The van der Waals surface area contributed by atoms with Crippen molar-refractivity contribution in [3.63, 3.8) is 0 Å². The standard InChI is InChI=1S/C7H10N2.C5H7.2C4H8N2O2.Co/c1-9(2)7-3-5-8-6-4-7;1-3-5-4-2;2*1-3(5-7)4(2)6-8;/h3-6H,1-2H3;4-5H,1H2,2H3;2*7-8H,1-2H3;/q;-1;;;/b;5-4+;2*5-3+,6-4+;. The van der Waals surface area contributed by atoms with E-state index in [1.165, 1.54) is 33.4 Å². The minimum Gasteiger partial charge on any atom is -0.411 e. The molecule has 0 aliphatic rings. The topological polar surface area (TPSA) is 146 Å². The number of oxime groups is 4. The smallest absolute Gasteiger partial charge is 0.101 e. The second-order valence-corrected chi connectivity index (χ2v) is 5.55. The van der Waals surface area contributed by atoms with Crippen LogP contribution in [0.25, 0.3) is 0 Å². The molecule has 31 heavy (non-hydrogen) atoms. The van der Waals surface area contributed by atoms with Crippen molar-refractivity contribution in [2.45, 2.75) is 34.6 Å². The molecule has 177 valence electrons. The van der Waals surface area contributed by atoms with E-state index in [9.17, 15) is 0 Å². The van der Waals surface area contributed by atoms with Crippen molar-refractivity contribution >= 4 is 28.5 Å². The molecule has 1 rings (SSSR count). The van der Waals surface area contributed by atoms with Crippen LogP contribution in [0.2, 0.25) is 0 Å². The molecule has 0 spiro atoms. The predicted octanol–water partition coefficient (Wildman–Crippen LogP) is 4.07. The summed E-state index contributed by atoms with van der Waals surface area (Å²) in [7, 11) is 4.02. The van der Waals surface area contributed by atoms with Gasteiger partial charge in [-0.1, -0.05) is 20.6 Å². The van der Waals surface area contributed by atoms with Crippen LogP contribution in [0.1, 0.15) is 34.6 Å². The number of aromatic nitrogens is 1. The average Bonchev–Trinajstić information content (AvgIpc) is 2.79. The first-order chi connectivity index (χ1) is 14.2. The number of pyridine rings is 1. The first-order valence-corrected chi connectivity index (χ1v) is 8.63. The van der Waals surface area contributed by atoms with Gasteiger partial charge in [-0.3, -0.25) is 11.1 Å². The maximum Gasteiger partial charge on any atom is 0.101 e. The Balaban J connectivity index is -0.000000158. The van der Waals surface area contributed by atoms with E-state index in [0.29, 0.717) is 22.8 Å². The third kappa shape index (κ3) is 23.0. The minimum atomic E-state index is 0. The molecule has 0 unspecified atom stereocenters. The Morgan fingerprint density at radius 1 is 0.871 bits per heavy atom. The Morgan fingerprint density at radius 3 is 1.32 bits per heavy atom. The summed E-state index contributed by atoms with van der Waals surface area (Å²) in [6.45, 7) is 11.4. The molecule has 0 amide bonds. The maximum absolute atomic E-state index is 8.03. The van der Waals surface area contributed by atoms with Crippen molar-refractivity contribution < 1.29 is 37.6 Å². The fraction of sp³-hybridized carbons (Fsp3) is 0.350. The monoisotopic (exact) mass is 480 g/mol. The molecule has 0 bridgehead atoms. The summed E-state index contributed by atoms with van der Waals surface area (Å²) in [5.74, 6) is 0. The maximum atomic E-state index is 8.03. The van der Waals surface area contributed by atoms with E-state index in [0.717, 1.165) is 0 Å². The first kappa shape index (κ1) is 35.3. The molecular weight excluding hydrogens is 447 g/mol. The molecule has 11 heteroatoms. The predicted molar refractivity (Wildman–Crippen MR) is 122 cm³/mol. The fourth-order valence-electron chi connectivity index (χ4n) is 1.05. The molecule has 1 aromatic rings. The van der Waals surface area contributed by atoms with Crippen LogP contribution < -0.4 is 4.90 Å². The molecule has 0 saturated heterocycles. The van der Waals surface area contributed by atoms with Gasteiger partial charge in [0.2, 0.25) is 0 Å². The van der Waals surface area contributed by atoms with E-state index in [4.69, 9.17) is 20.8 Å². The summed E-state index contributed by atoms with van der Waals surface area (Å²) >= 11 is 0. The van der Waals surface area contributed by atoms with Gasteiger partial charge in [-0.05, 0) is 39.8 Å². The van der Waals surface area contributed by atoms with Gasteiger partial charge in [0.05, 0.1) is 0 Å². The van der Waals surface area contributed by atoms with Crippen molar-refractivity contribution in [3.8, 4) is 0 Å². The Hall–Kier alpha value is -3.18. The molecule has 0 saturated carbocycles. The summed E-state index contributed by atoms with van der Waals surface area (Å²) in [6, 6.07) is 3.94. The van der Waals surface area contributed by atoms with E-state index in [1.807, 2.05) is 44.1 Å². The van der Waals surface area contributed by atoms with Crippen LogP contribution in [0, 0.1) is 6.08 Å². The molecule has 0 atom stereocenters. The number of rotatable bonds is 4. The van der Waals surface area contributed by atoms with Crippen LogP contribution in [-0.4, -0.2) is 62.8 Å². The normalized spacial score (nSPS) is 11.5. The largest absolute Gasteiger partial charge is 0.411 e. The second kappa shape index (κ2) is 24.9. The summed E-state index contributed by atoms with van der Waals surface area (Å²) in [6.07, 6.45) is 9.81. The SMILES string of the molecule is C=[C-]/C=C/C.CC(=N\O)/C(C)=N/O.CC(=N\O)/C(C)=N/O.CN(C)c1ccncc1.[Co]. The Kier molecular flexibility index (Phi) is 28.3. The molecule has 0 aliphatic carbocycles. The minimum absolute atomic E-state index is 0. The van der Waals surface area contributed by atoms with Gasteiger partial charge < -0.3 is 25.7 Å².